The van der Waals surface area contributed by atoms with E-state index in [1.54, 1.807) is 0 Å². The van der Waals surface area contributed by atoms with Crippen LogP contribution in [-0.2, 0) is 0 Å². The van der Waals surface area contributed by atoms with Gasteiger partial charge in [0.15, 0.2) is 0 Å². The molecule has 0 aromatic rings. The van der Waals surface area contributed by atoms with Crippen LogP contribution in [0, 0.1) is 0 Å². The van der Waals surface area contributed by atoms with Gasteiger partial charge in [-0.15, -0.1) is 0 Å². The summed E-state index contributed by atoms with van der Waals surface area (Å²) in [4.78, 5) is 0. The SMILES string of the molecule is [Se]=[Sb]=[Se].[Si]. The smallest absolute Gasteiger partial charge is 0 e. The molecular formula is SbSe2Si. The minimum atomic E-state index is 0. The molecule has 0 spiro atoms. The first-order valence-corrected chi connectivity index (χ1v) is 12.7. The summed E-state index contributed by atoms with van der Waals surface area (Å²) in [6.07, 6.45) is 0. The summed E-state index contributed by atoms with van der Waals surface area (Å²) in [5, 5.41) is 0. The molecule has 0 fully saturated rings. The van der Waals surface area contributed by atoms with Gasteiger partial charge >= 0.3 is 40.1 Å². The van der Waals surface area contributed by atoms with Crippen molar-refractivity contribution in [2.45, 2.75) is 0 Å². The molecule has 0 aromatic carbocycles. The molecular weight excluding hydrogens is 308 g/mol. The maximum atomic E-state index is 2.90. The molecule has 0 nitrogen and oxygen atoms in total. The first-order chi connectivity index (χ1) is 1.41. The van der Waals surface area contributed by atoms with Crippen molar-refractivity contribution < 1.29 is 0 Å². The zero-order valence-electron chi connectivity index (χ0n) is 1.76. The average molecular weight is 308 g/mol. The van der Waals surface area contributed by atoms with Crippen molar-refractivity contribution in [1.29, 1.82) is 0 Å². The van der Waals surface area contributed by atoms with Crippen LogP contribution in [0.15, 0.2) is 0 Å². The molecule has 0 aromatic heterocycles. The molecule has 5 radical (unpaired) electrons. The Morgan fingerprint density at radius 2 is 1.25 bits per heavy atom. The molecule has 0 unspecified atom stereocenters. The summed E-state index contributed by atoms with van der Waals surface area (Å²) >= 11 is 5.90. The van der Waals surface area contributed by atoms with Gasteiger partial charge in [0.2, 0.25) is 0 Å². The van der Waals surface area contributed by atoms with E-state index in [4.69, 9.17) is 0 Å². The molecule has 4 heteroatoms. The Labute approximate surface area is 50.4 Å². The Bertz CT molecular complexity index is 27.0. The summed E-state index contributed by atoms with van der Waals surface area (Å²) in [6, 6.07) is 0. The van der Waals surface area contributed by atoms with Gasteiger partial charge in [-0.2, -0.15) is 0 Å². The average Bonchev–Trinajstić information content (AvgIpc) is 0.918. The Morgan fingerprint density at radius 3 is 1.25 bits per heavy atom. The van der Waals surface area contributed by atoms with Gasteiger partial charge in [0.1, 0.15) is 0 Å². The third-order valence-corrected chi connectivity index (χ3v) is 0. The van der Waals surface area contributed by atoms with Crippen LogP contribution in [0.4, 0.5) is 0 Å². The molecule has 0 saturated carbocycles. The fraction of sp³-hybridized carbons (Fsp3) is 0. The Hall–Kier alpha value is 2.07. The molecule has 4 heavy (non-hydrogen) atoms. The zero-order valence-corrected chi connectivity index (χ0v) is 8.74. The van der Waals surface area contributed by atoms with Crippen molar-refractivity contribution in [3.8, 4) is 0 Å². The Morgan fingerprint density at radius 1 is 1.25 bits per heavy atom. The van der Waals surface area contributed by atoms with Crippen LogP contribution >= 0.6 is 0 Å². The van der Waals surface area contributed by atoms with Gasteiger partial charge in [0.05, 0.1) is 0 Å². The Balaban J connectivity index is 0. The van der Waals surface area contributed by atoms with Crippen LogP contribution in [0.1, 0.15) is 0 Å². The predicted molar refractivity (Wildman–Crippen MR) is 23.0 cm³/mol. The minimum absolute atomic E-state index is 0. The van der Waals surface area contributed by atoms with Crippen LogP contribution in [0.3, 0.4) is 0 Å². The molecule has 0 atom stereocenters. The second-order valence-corrected chi connectivity index (χ2v) is 13.5. The van der Waals surface area contributed by atoms with E-state index >= 15 is 0 Å². The standard InChI is InChI=1S/Sb.2Se.Si. The fourth-order valence-corrected chi connectivity index (χ4v) is 0. The van der Waals surface area contributed by atoms with Gasteiger partial charge < -0.3 is 0 Å². The molecule has 0 heterocycles. The quantitative estimate of drug-likeness (QED) is 0.477. The van der Waals surface area contributed by atoms with Gasteiger partial charge in [0, 0.05) is 11.0 Å². The van der Waals surface area contributed by atoms with Gasteiger partial charge in [-0.3, -0.25) is 0 Å². The number of hydrogen-bond donors (Lipinski definition) is 0. The van der Waals surface area contributed by atoms with Crippen molar-refractivity contribution in [1.82, 2.24) is 0 Å². The Kier molecular flexibility index (Phi) is 21.0. The second kappa shape index (κ2) is 8.91. The molecule has 0 N–H and O–H groups in total. The molecule has 0 aliphatic heterocycles. The molecule has 0 amide bonds. The van der Waals surface area contributed by atoms with Crippen LogP contribution in [0.2, 0.25) is 0 Å². The van der Waals surface area contributed by atoms with Gasteiger partial charge in [-0.25, -0.2) is 0 Å². The van der Waals surface area contributed by atoms with Crippen molar-refractivity contribution in [3.63, 3.8) is 0 Å². The second-order valence-electron chi connectivity index (χ2n) is 0.0745. The molecule has 21 valence electrons. The van der Waals surface area contributed by atoms with Gasteiger partial charge in [-0.1, -0.05) is 0 Å². The summed E-state index contributed by atoms with van der Waals surface area (Å²) in [7, 11) is 0. The van der Waals surface area contributed by atoms with E-state index in [1.165, 1.54) is 0 Å². The summed E-state index contributed by atoms with van der Waals surface area (Å²) < 4.78 is 0. The maximum Gasteiger partial charge on any atom is 0 e. The van der Waals surface area contributed by atoms with E-state index < -0.39 is 0 Å². The number of rotatable bonds is 0. The number of hydrogen-bond acceptors (Lipinski definition) is 0. The van der Waals surface area contributed by atoms with Crippen LogP contribution < -0.4 is 0 Å². The van der Waals surface area contributed by atoms with E-state index in [-0.39, 0.29) is 26.8 Å². The monoisotopic (exact) mass is 309 g/mol. The third kappa shape index (κ3) is 8.95. The van der Waals surface area contributed by atoms with Crippen molar-refractivity contribution in [2.24, 2.45) is 0 Å². The molecule has 0 aliphatic rings. The van der Waals surface area contributed by atoms with E-state index in [9.17, 15) is 0 Å². The normalized spacial score (nSPS) is 2.00. The van der Waals surface area contributed by atoms with Crippen molar-refractivity contribution >= 4 is 51.0 Å². The summed E-state index contributed by atoms with van der Waals surface area (Å²) in [5.74, 6) is 0. The molecule has 0 saturated heterocycles. The van der Waals surface area contributed by atoms with E-state index in [1.807, 2.05) is 0 Å². The largest absolute Gasteiger partial charge is 0 e. The minimum Gasteiger partial charge on any atom is 0 e. The van der Waals surface area contributed by atoms with Crippen LogP contribution in [0.25, 0.3) is 0 Å². The van der Waals surface area contributed by atoms with Crippen LogP contribution in [-0.4, -0.2) is 51.0 Å². The summed E-state index contributed by atoms with van der Waals surface area (Å²) in [6.45, 7) is 0. The van der Waals surface area contributed by atoms with E-state index in [0.29, 0.717) is 0 Å². The van der Waals surface area contributed by atoms with Crippen molar-refractivity contribution in [3.05, 3.63) is 0 Å². The topological polar surface area (TPSA) is 0 Å². The van der Waals surface area contributed by atoms with Crippen LogP contribution in [0.5, 0.6) is 0 Å². The predicted octanol–water partition coefficient (Wildman–Crippen LogP) is -1.52. The fourth-order valence-electron chi connectivity index (χ4n) is 0. The van der Waals surface area contributed by atoms with E-state index in [2.05, 4.69) is 24.2 Å². The van der Waals surface area contributed by atoms with E-state index in [0.717, 1.165) is 0 Å². The zero-order chi connectivity index (χ0) is 2.71. The first kappa shape index (κ1) is 9.42. The van der Waals surface area contributed by atoms with Gasteiger partial charge in [0.25, 0.3) is 0 Å². The first-order valence-electron chi connectivity index (χ1n) is 0.365. The van der Waals surface area contributed by atoms with Crippen molar-refractivity contribution in [2.75, 3.05) is 0 Å². The third-order valence-electron chi connectivity index (χ3n) is 0. The van der Waals surface area contributed by atoms with Gasteiger partial charge in [-0.05, 0) is 0 Å². The molecule has 0 bridgehead atoms. The maximum absolute atomic E-state index is 2.90. The summed E-state index contributed by atoms with van der Waals surface area (Å²) in [5.41, 5.74) is 0. The molecule has 0 rings (SSSR count). The molecule has 0 aliphatic carbocycles.